The van der Waals surface area contributed by atoms with Crippen molar-refractivity contribution in [3.05, 3.63) is 58.1 Å². The Labute approximate surface area is 213 Å². The van der Waals surface area contributed by atoms with Gasteiger partial charge in [-0.15, -0.1) is 5.53 Å². The number of ether oxygens (including phenoxy) is 1. The Hall–Kier alpha value is -3.21. The molecule has 0 aliphatic rings. The highest BCUT2D eigenvalue weighted by molar-refractivity contribution is 6.32. The Kier molecular flexibility index (Phi) is 10.4. The summed E-state index contributed by atoms with van der Waals surface area (Å²) in [6.07, 6.45) is -0.0456. The molecule has 2 rings (SSSR count). The molecule has 35 heavy (non-hydrogen) atoms. The van der Waals surface area contributed by atoms with Crippen LogP contribution < -0.4 is 26.4 Å². The molecule has 10 nitrogen and oxygen atoms in total. The van der Waals surface area contributed by atoms with Crippen LogP contribution in [0, 0.1) is 5.92 Å². The molecule has 0 spiro atoms. The SMILES string of the molecule is CC(C)Oc1ccc(NNNC(=O)N(C(=O)NCc2ccc(Cl)cc2)[C@H](C)[C@H](C)C(=O)O)cc1Cl. The first-order chi connectivity index (χ1) is 16.5. The number of carbonyl (C=O) groups is 3. The fraction of sp³-hybridized carbons (Fsp3) is 0.348. The lowest BCUT2D eigenvalue weighted by Gasteiger charge is -2.30. The Morgan fingerprint density at radius 3 is 2.23 bits per heavy atom. The number of anilines is 1. The van der Waals surface area contributed by atoms with Crippen LogP contribution in [0.2, 0.25) is 10.0 Å². The third-order valence-electron chi connectivity index (χ3n) is 4.99. The second-order valence-electron chi connectivity index (χ2n) is 8.01. The van der Waals surface area contributed by atoms with Crippen LogP contribution in [0.3, 0.4) is 0 Å². The maximum atomic E-state index is 12.9. The molecule has 0 aliphatic carbocycles. The van der Waals surface area contributed by atoms with Crippen molar-refractivity contribution >= 4 is 46.9 Å². The van der Waals surface area contributed by atoms with Gasteiger partial charge in [0.2, 0.25) is 0 Å². The predicted molar refractivity (Wildman–Crippen MR) is 134 cm³/mol. The van der Waals surface area contributed by atoms with E-state index in [4.69, 9.17) is 27.9 Å². The number of amides is 4. The molecule has 190 valence electrons. The molecular weight excluding hydrogens is 497 g/mol. The third-order valence-corrected chi connectivity index (χ3v) is 5.53. The minimum absolute atomic E-state index is 0.0456. The van der Waals surface area contributed by atoms with Crippen molar-refractivity contribution in [3.63, 3.8) is 0 Å². The fourth-order valence-electron chi connectivity index (χ4n) is 2.90. The summed E-state index contributed by atoms with van der Waals surface area (Å²) in [6, 6.07) is 9.14. The van der Waals surface area contributed by atoms with Gasteiger partial charge in [0.25, 0.3) is 0 Å². The molecule has 0 aliphatic heterocycles. The maximum Gasteiger partial charge on any atom is 0.341 e. The van der Waals surface area contributed by atoms with Gasteiger partial charge in [-0.05, 0) is 63.6 Å². The van der Waals surface area contributed by atoms with Gasteiger partial charge in [0.1, 0.15) is 5.75 Å². The first-order valence-corrected chi connectivity index (χ1v) is 11.6. The summed E-state index contributed by atoms with van der Waals surface area (Å²) < 4.78 is 5.57. The topological polar surface area (TPSA) is 132 Å². The van der Waals surface area contributed by atoms with E-state index in [2.05, 4.69) is 21.7 Å². The van der Waals surface area contributed by atoms with Crippen molar-refractivity contribution in [1.29, 1.82) is 0 Å². The molecule has 0 saturated heterocycles. The summed E-state index contributed by atoms with van der Waals surface area (Å²) in [6.45, 7) is 6.75. The quantitative estimate of drug-likeness (QED) is 0.285. The number of aliphatic carboxylic acids is 1. The van der Waals surface area contributed by atoms with Crippen LogP contribution in [-0.2, 0) is 11.3 Å². The van der Waals surface area contributed by atoms with Crippen molar-refractivity contribution in [2.75, 3.05) is 5.43 Å². The highest BCUT2D eigenvalue weighted by Gasteiger charge is 2.33. The molecule has 0 unspecified atom stereocenters. The maximum absolute atomic E-state index is 12.9. The van der Waals surface area contributed by atoms with Crippen LogP contribution in [0.1, 0.15) is 33.3 Å². The Morgan fingerprint density at radius 2 is 1.66 bits per heavy atom. The molecule has 0 saturated carbocycles. The van der Waals surface area contributed by atoms with Gasteiger partial charge in [-0.1, -0.05) is 35.3 Å². The molecule has 0 fully saturated rings. The van der Waals surface area contributed by atoms with Crippen LogP contribution in [0.5, 0.6) is 5.75 Å². The number of benzene rings is 2. The number of hydrogen-bond acceptors (Lipinski definition) is 6. The summed E-state index contributed by atoms with van der Waals surface area (Å²) in [7, 11) is 0. The lowest BCUT2D eigenvalue weighted by Crippen LogP contribution is -2.58. The van der Waals surface area contributed by atoms with Gasteiger partial charge in [0.05, 0.1) is 28.8 Å². The van der Waals surface area contributed by atoms with Gasteiger partial charge in [-0.2, -0.15) is 0 Å². The van der Waals surface area contributed by atoms with Gasteiger partial charge >= 0.3 is 18.0 Å². The van der Waals surface area contributed by atoms with Crippen LogP contribution in [-0.4, -0.2) is 40.2 Å². The molecule has 2 atom stereocenters. The number of imide groups is 1. The predicted octanol–water partition coefficient (Wildman–Crippen LogP) is 4.64. The number of hydrazine groups is 2. The third kappa shape index (κ3) is 8.50. The molecule has 0 radical (unpaired) electrons. The molecule has 5 N–H and O–H groups in total. The van der Waals surface area contributed by atoms with Crippen molar-refractivity contribution in [2.45, 2.75) is 46.4 Å². The lowest BCUT2D eigenvalue weighted by molar-refractivity contribution is -0.142. The minimum Gasteiger partial charge on any atom is -0.489 e. The van der Waals surface area contributed by atoms with Crippen molar-refractivity contribution in [3.8, 4) is 5.75 Å². The molecular formula is C23H29Cl2N5O5. The van der Waals surface area contributed by atoms with Crippen molar-refractivity contribution in [1.82, 2.24) is 21.2 Å². The van der Waals surface area contributed by atoms with E-state index in [-0.39, 0.29) is 12.6 Å². The number of carboxylic acids is 1. The van der Waals surface area contributed by atoms with Crippen molar-refractivity contribution in [2.24, 2.45) is 5.92 Å². The summed E-state index contributed by atoms with van der Waals surface area (Å²) in [5.74, 6) is -1.65. The second-order valence-corrected chi connectivity index (χ2v) is 8.86. The number of nitrogens with one attached hydrogen (secondary N) is 4. The molecule has 2 aromatic rings. The van der Waals surface area contributed by atoms with Crippen molar-refractivity contribution < 1.29 is 24.2 Å². The van der Waals surface area contributed by atoms with Gasteiger partial charge in [0, 0.05) is 11.6 Å². The molecule has 0 bridgehead atoms. The van der Waals surface area contributed by atoms with E-state index < -0.39 is 30.0 Å². The van der Waals surface area contributed by atoms with E-state index in [1.165, 1.54) is 13.8 Å². The first-order valence-electron chi connectivity index (χ1n) is 10.8. The Morgan fingerprint density at radius 1 is 1.00 bits per heavy atom. The van der Waals surface area contributed by atoms with Gasteiger partial charge < -0.3 is 20.6 Å². The molecule has 4 amide bonds. The minimum atomic E-state index is -1.15. The largest absolute Gasteiger partial charge is 0.489 e. The van der Waals surface area contributed by atoms with E-state index >= 15 is 0 Å². The average Bonchev–Trinajstić information content (AvgIpc) is 2.79. The monoisotopic (exact) mass is 525 g/mol. The molecule has 2 aromatic carbocycles. The van der Waals surface area contributed by atoms with E-state index in [0.29, 0.717) is 21.5 Å². The van der Waals surface area contributed by atoms with Crippen LogP contribution in [0.4, 0.5) is 15.3 Å². The number of halogens is 2. The number of nitrogens with zero attached hydrogens (tertiary/aromatic N) is 1. The highest BCUT2D eigenvalue weighted by atomic mass is 35.5. The zero-order valence-electron chi connectivity index (χ0n) is 19.8. The summed E-state index contributed by atoms with van der Waals surface area (Å²) in [5, 5.41) is 12.9. The standard InChI is InChI=1S/C23H29Cl2N5O5/c1-13(2)35-20-10-9-18(11-19(20)25)27-29-28-23(34)30(15(4)14(3)21(31)32)22(33)26-12-16-5-7-17(24)8-6-16/h5-11,13-15,27,29H,12H2,1-4H3,(H,26,33)(H,28,34)(H,31,32)/t14-,15+/m0/s1. The smallest absolute Gasteiger partial charge is 0.341 e. The van der Waals surface area contributed by atoms with E-state index in [9.17, 15) is 19.5 Å². The summed E-state index contributed by atoms with van der Waals surface area (Å²) >= 11 is 12.1. The zero-order chi connectivity index (χ0) is 26.1. The highest BCUT2D eigenvalue weighted by Crippen LogP contribution is 2.28. The number of rotatable bonds is 10. The van der Waals surface area contributed by atoms with Gasteiger partial charge in [0.15, 0.2) is 0 Å². The Bertz CT molecular complexity index is 1040. The normalized spacial score (nSPS) is 12.4. The molecule has 0 heterocycles. The first kappa shape index (κ1) is 28.0. The van der Waals surface area contributed by atoms with E-state index in [1.807, 2.05) is 13.8 Å². The van der Waals surface area contributed by atoms with Gasteiger partial charge in [-0.25, -0.2) is 14.5 Å². The fourth-order valence-corrected chi connectivity index (χ4v) is 3.25. The second kappa shape index (κ2) is 13.0. The lowest BCUT2D eigenvalue weighted by atomic mass is 10.0. The van der Waals surface area contributed by atoms with Crippen LogP contribution in [0.25, 0.3) is 0 Å². The number of urea groups is 2. The number of carbonyl (C=O) groups excluding carboxylic acids is 2. The van der Waals surface area contributed by atoms with E-state index in [0.717, 1.165) is 10.5 Å². The summed E-state index contributed by atoms with van der Waals surface area (Å²) in [5.41, 5.74) is 8.83. The number of hydrogen-bond donors (Lipinski definition) is 5. The molecule has 12 heteroatoms. The van der Waals surface area contributed by atoms with Crippen LogP contribution >= 0.6 is 23.2 Å². The summed E-state index contributed by atoms with van der Waals surface area (Å²) in [4.78, 5) is 38.0. The van der Waals surface area contributed by atoms with Crippen LogP contribution in [0.15, 0.2) is 42.5 Å². The van der Waals surface area contributed by atoms with E-state index in [1.54, 1.807) is 42.5 Å². The average molecular weight is 526 g/mol. The number of carboxylic acid groups (broad SMARTS) is 1. The van der Waals surface area contributed by atoms with Gasteiger partial charge in [-0.3, -0.25) is 10.2 Å². The molecule has 0 aromatic heterocycles. The Balaban J connectivity index is 2.04. The zero-order valence-corrected chi connectivity index (χ0v) is 21.3.